The predicted octanol–water partition coefficient (Wildman–Crippen LogP) is 3.57. The minimum Gasteiger partial charge on any atom is -0.493 e. The van der Waals surface area contributed by atoms with Gasteiger partial charge < -0.3 is 19.1 Å². The molecule has 0 bridgehead atoms. The molecule has 1 atom stereocenters. The van der Waals surface area contributed by atoms with Gasteiger partial charge in [-0.3, -0.25) is 4.79 Å². The van der Waals surface area contributed by atoms with Crippen molar-refractivity contribution in [1.82, 2.24) is 4.90 Å². The molecule has 2 aliphatic heterocycles. The van der Waals surface area contributed by atoms with Crippen LogP contribution in [0.1, 0.15) is 24.0 Å². The van der Waals surface area contributed by atoms with Gasteiger partial charge in [0.25, 0.3) is 5.91 Å². The minimum absolute atomic E-state index is 0.0589. The van der Waals surface area contributed by atoms with Crippen molar-refractivity contribution in [2.75, 3.05) is 26.9 Å². The first-order valence-electron chi connectivity index (χ1n) is 9.47. The maximum Gasteiger partial charge on any atom is 0.252 e. The topological polar surface area (TPSA) is 48.0 Å². The molecular weight excluding hydrogens is 342 g/mol. The molecule has 1 fully saturated rings. The van der Waals surface area contributed by atoms with Gasteiger partial charge >= 0.3 is 0 Å². The Hall–Kier alpha value is -2.53. The molecule has 27 heavy (non-hydrogen) atoms. The number of carbonyl (C=O) groups excluding carboxylic acids is 1. The van der Waals surface area contributed by atoms with Crippen LogP contribution in [0.5, 0.6) is 11.5 Å². The van der Waals surface area contributed by atoms with Gasteiger partial charge in [-0.05, 0) is 43.0 Å². The molecule has 2 aliphatic rings. The normalized spacial score (nSPS) is 19.2. The van der Waals surface area contributed by atoms with E-state index in [1.165, 1.54) is 5.56 Å². The summed E-state index contributed by atoms with van der Waals surface area (Å²) in [6, 6.07) is 12.5. The standard InChI is InChI=1S/C22H25NO4/c1-15-5-7-16(8-6-15)17-12-18-14-23(22(24)19-4-3-10-26-19)9-11-27-21(18)20(13-17)25-2/h5-8,12-13,19H,3-4,9-11,14H2,1-2H3. The minimum atomic E-state index is -0.311. The van der Waals surface area contributed by atoms with Crippen LogP contribution in [0.4, 0.5) is 0 Å². The third-order valence-electron chi connectivity index (χ3n) is 5.22. The van der Waals surface area contributed by atoms with Crippen LogP contribution in [0.3, 0.4) is 0 Å². The van der Waals surface area contributed by atoms with Crippen LogP contribution >= 0.6 is 0 Å². The number of hydrogen-bond donors (Lipinski definition) is 0. The average molecular weight is 367 g/mol. The maximum absolute atomic E-state index is 12.8. The van der Waals surface area contributed by atoms with Crippen molar-refractivity contribution in [3.8, 4) is 22.6 Å². The molecule has 142 valence electrons. The number of benzene rings is 2. The molecule has 0 radical (unpaired) electrons. The SMILES string of the molecule is COc1cc(-c2ccc(C)cc2)cc2c1OCCN(C(=O)C1CCCO1)C2. The van der Waals surface area contributed by atoms with Crippen LogP contribution in [-0.4, -0.2) is 43.8 Å². The lowest BCUT2D eigenvalue weighted by atomic mass is 10.0. The summed E-state index contributed by atoms with van der Waals surface area (Å²) in [6.45, 7) is 4.25. The largest absolute Gasteiger partial charge is 0.493 e. The molecule has 5 heteroatoms. The van der Waals surface area contributed by atoms with E-state index in [0.29, 0.717) is 32.1 Å². The van der Waals surface area contributed by atoms with Crippen molar-refractivity contribution in [2.45, 2.75) is 32.4 Å². The van der Waals surface area contributed by atoms with Gasteiger partial charge in [-0.25, -0.2) is 0 Å². The van der Waals surface area contributed by atoms with Crippen LogP contribution in [-0.2, 0) is 16.1 Å². The van der Waals surface area contributed by atoms with Gasteiger partial charge in [-0.2, -0.15) is 0 Å². The van der Waals surface area contributed by atoms with E-state index < -0.39 is 0 Å². The highest BCUT2D eigenvalue weighted by atomic mass is 16.5. The van der Waals surface area contributed by atoms with E-state index in [9.17, 15) is 4.79 Å². The quantitative estimate of drug-likeness (QED) is 0.832. The van der Waals surface area contributed by atoms with Crippen LogP contribution < -0.4 is 9.47 Å². The second-order valence-electron chi connectivity index (χ2n) is 7.14. The summed E-state index contributed by atoms with van der Waals surface area (Å²) in [4.78, 5) is 14.7. The molecular formula is C22H25NO4. The van der Waals surface area contributed by atoms with E-state index in [4.69, 9.17) is 14.2 Å². The molecule has 1 saturated heterocycles. The molecule has 1 amide bonds. The average Bonchev–Trinajstić information content (AvgIpc) is 3.14. The Bertz CT molecular complexity index is 825. The number of methoxy groups -OCH3 is 1. The zero-order valence-electron chi connectivity index (χ0n) is 15.9. The van der Waals surface area contributed by atoms with Crippen molar-refractivity contribution in [3.05, 3.63) is 47.5 Å². The molecule has 0 spiro atoms. The lowest BCUT2D eigenvalue weighted by Crippen LogP contribution is -2.39. The van der Waals surface area contributed by atoms with Crippen molar-refractivity contribution in [1.29, 1.82) is 0 Å². The van der Waals surface area contributed by atoms with Gasteiger partial charge in [0, 0.05) is 18.7 Å². The Morgan fingerprint density at radius 2 is 1.96 bits per heavy atom. The zero-order valence-corrected chi connectivity index (χ0v) is 15.9. The summed E-state index contributed by atoms with van der Waals surface area (Å²) in [6.07, 6.45) is 1.44. The first-order chi connectivity index (χ1) is 13.2. The number of nitrogens with zero attached hydrogens (tertiary/aromatic N) is 1. The molecule has 4 rings (SSSR count). The number of carbonyl (C=O) groups is 1. The van der Waals surface area contributed by atoms with Crippen LogP contribution in [0, 0.1) is 6.92 Å². The summed E-state index contributed by atoms with van der Waals surface area (Å²) in [5, 5.41) is 0. The summed E-state index contributed by atoms with van der Waals surface area (Å²) < 4.78 is 17.1. The fourth-order valence-corrected chi connectivity index (χ4v) is 3.71. The van der Waals surface area contributed by atoms with E-state index in [-0.39, 0.29) is 12.0 Å². The van der Waals surface area contributed by atoms with Gasteiger partial charge in [-0.15, -0.1) is 0 Å². The number of fused-ring (bicyclic) bond motifs is 1. The van der Waals surface area contributed by atoms with E-state index in [1.807, 2.05) is 11.0 Å². The van der Waals surface area contributed by atoms with Crippen LogP contribution in [0.2, 0.25) is 0 Å². The van der Waals surface area contributed by atoms with Crippen molar-refractivity contribution >= 4 is 5.91 Å². The summed E-state index contributed by atoms with van der Waals surface area (Å²) in [5.41, 5.74) is 4.36. The van der Waals surface area contributed by atoms with Gasteiger partial charge in [0.2, 0.25) is 0 Å². The zero-order chi connectivity index (χ0) is 18.8. The van der Waals surface area contributed by atoms with Crippen LogP contribution in [0.25, 0.3) is 11.1 Å². The second-order valence-corrected chi connectivity index (χ2v) is 7.14. The number of aryl methyl sites for hydroxylation is 1. The van der Waals surface area contributed by atoms with E-state index in [2.05, 4.69) is 37.3 Å². The molecule has 1 unspecified atom stereocenters. The Morgan fingerprint density at radius 1 is 1.15 bits per heavy atom. The van der Waals surface area contributed by atoms with Crippen molar-refractivity contribution < 1.29 is 19.0 Å². The maximum atomic E-state index is 12.8. The fourth-order valence-electron chi connectivity index (χ4n) is 3.71. The first-order valence-corrected chi connectivity index (χ1v) is 9.47. The summed E-state index contributed by atoms with van der Waals surface area (Å²) in [7, 11) is 1.65. The predicted molar refractivity (Wildman–Crippen MR) is 103 cm³/mol. The lowest BCUT2D eigenvalue weighted by Gasteiger charge is -2.23. The van der Waals surface area contributed by atoms with E-state index >= 15 is 0 Å². The lowest BCUT2D eigenvalue weighted by molar-refractivity contribution is -0.141. The third-order valence-corrected chi connectivity index (χ3v) is 5.22. The highest BCUT2D eigenvalue weighted by molar-refractivity contribution is 5.81. The molecule has 2 heterocycles. The molecule has 0 N–H and O–H groups in total. The van der Waals surface area contributed by atoms with Crippen molar-refractivity contribution in [2.24, 2.45) is 0 Å². The molecule has 2 aromatic rings. The summed E-state index contributed by atoms with van der Waals surface area (Å²) in [5.74, 6) is 1.49. The van der Waals surface area contributed by atoms with Gasteiger partial charge in [0.15, 0.2) is 11.5 Å². The Labute approximate surface area is 159 Å². The molecule has 2 aromatic carbocycles. The Morgan fingerprint density at radius 3 is 2.67 bits per heavy atom. The van der Waals surface area contributed by atoms with Gasteiger partial charge in [0.1, 0.15) is 12.7 Å². The number of ether oxygens (including phenoxy) is 3. The van der Waals surface area contributed by atoms with E-state index in [1.54, 1.807) is 7.11 Å². The molecule has 0 aliphatic carbocycles. The summed E-state index contributed by atoms with van der Waals surface area (Å²) >= 11 is 0. The van der Waals surface area contributed by atoms with Crippen molar-refractivity contribution in [3.63, 3.8) is 0 Å². The van der Waals surface area contributed by atoms with E-state index in [0.717, 1.165) is 35.3 Å². The highest BCUT2D eigenvalue weighted by Crippen LogP contribution is 2.38. The highest BCUT2D eigenvalue weighted by Gasteiger charge is 2.30. The smallest absolute Gasteiger partial charge is 0.252 e. The second kappa shape index (κ2) is 7.61. The van der Waals surface area contributed by atoms with Crippen LogP contribution in [0.15, 0.2) is 36.4 Å². The first kappa shape index (κ1) is 17.9. The molecule has 0 saturated carbocycles. The molecule has 5 nitrogen and oxygen atoms in total. The van der Waals surface area contributed by atoms with Gasteiger partial charge in [0.05, 0.1) is 13.7 Å². The van der Waals surface area contributed by atoms with Gasteiger partial charge in [-0.1, -0.05) is 29.8 Å². The monoisotopic (exact) mass is 367 g/mol. The fraction of sp³-hybridized carbons (Fsp3) is 0.409. The number of hydrogen-bond acceptors (Lipinski definition) is 4. The third kappa shape index (κ3) is 3.65. The molecule has 0 aromatic heterocycles. The number of rotatable bonds is 3. The Kier molecular flexibility index (Phi) is 5.03. The number of amides is 1. The Balaban J connectivity index is 1.68.